The van der Waals surface area contributed by atoms with Crippen LogP contribution in [0.15, 0.2) is 285 Å². The number of aromatic hydroxyl groups is 3. The van der Waals surface area contributed by atoms with Crippen molar-refractivity contribution >= 4 is 92.2 Å². The zero-order valence-electron chi connectivity index (χ0n) is 54.0. The molecule has 0 aliphatic carbocycles. The molecule has 11 aromatic rings. The molecule has 11 rings (SSSR count). The minimum atomic E-state index is -3.78. The Balaban J connectivity index is 0.000000307. The lowest BCUT2D eigenvalue weighted by Gasteiger charge is -2.27. The Morgan fingerprint density at radius 1 is 0.320 bits per heavy atom. The molecule has 19 heteroatoms. The lowest BCUT2D eigenvalue weighted by Crippen LogP contribution is -2.19. The summed E-state index contributed by atoms with van der Waals surface area (Å²) in [6.45, 7) is 12.5. The van der Waals surface area contributed by atoms with Crippen LogP contribution in [0.25, 0.3) is 0 Å². The van der Waals surface area contributed by atoms with E-state index in [2.05, 4.69) is 41.5 Å². The lowest BCUT2D eigenvalue weighted by molar-refractivity contribution is 0.0733. The van der Waals surface area contributed by atoms with E-state index < -0.39 is 41.3 Å². The summed E-state index contributed by atoms with van der Waals surface area (Å²) < 4.78 is 48.5. The summed E-state index contributed by atoms with van der Waals surface area (Å²) >= 11 is 21.1. The van der Waals surface area contributed by atoms with E-state index in [9.17, 15) is 43.6 Å². The Hall–Kier alpha value is -9.68. The molecule has 0 amide bonds. The predicted octanol–water partition coefficient (Wildman–Crippen LogP) is 21.6. The van der Waals surface area contributed by atoms with Crippen LogP contribution in [0.5, 0.6) is 40.2 Å². The van der Waals surface area contributed by atoms with Gasteiger partial charge >= 0.3 is 19.5 Å². The smallest absolute Gasteiger partial charge is 0.462 e. The second-order valence-electron chi connectivity index (χ2n) is 23.7. The first-order valence-electron chi connectivity index (χ1n) is 30.4. The first-order chi connectivity index (χ1) is 46.5. The summed E-state index contributed by atoms with van der Waals surface area (Å²) in [5.41, 5.74) is 6.21. The largest absolute Gasteiger partial charge is 0.508 e. The third-order valence-electron chi connectivity index (χ3n) is 15.9. The molecule has 0 radical (unpaired) electrons. The normalized spacial score (nSPS) is 11.6. The molecule has 100 heavy (non-hydrogen) atoms. The Labute approximate surface area is 604 Å². The molecule has 0 aliphatic rings. The molecule has 0 bridgehead atoms. The topological polar surface area (TPSA) is 200 Å². The summed E-state index contributed by atoms with van der Waals surface area (Å²) in [6, 6.07) is 82.0. The zero-order chi connectivity index (χ0) is 70.8. The van der Waals surface area contributed by atoms with Crippen LogP contribution < -0.4 is 29.1 Å². The van der Waals surface area contributed by atoms with Crippen LogP contribution in [0.2, 0.25) is 0 Å². The molecule has 3 N–H and O–H groups in total. The van der Waals surface area contributed by atoms with E-state index in [1.54, 1.807) is 158 Å². The number of phenolic OH excluding ortho intramolecular Hbond substituents is 3. The fourth-order valence-corrected chi connectivity index (χ4v) is 12.9. The molecular weight excluding hydrogens is 1380 g/mol. The van der Waals surface area contributed by atoms with Crippen molar-refractivity contribution in [2.24, 2.45) is 0 Å². The van der Waals surface area contributed by atoms with Gasteiger partial charge in [-0.3, -0.25) is 14.2 Å². The lowest BCUT2D eigenvalue weighted by atomic mass is 9.78. The highest BCUT2D eigenvalue weighted by atomic mass is 35.9. The van der Waals surface area contributed by atoms with Crippen LogP contribution in [0.3, 0.4) is 0 Å². The molecule has 13 nitrogen and oxygen atoms in total. The highest BCUT2D eigenvalue weighted by Crippen LogP contribution is 2.55. The first-order valence-corrected chi connectivity index (χ1v) is 36.2. The highest BCUT2D eigenvalue weighted by molar-refractivity contribution is 8.13. The van der Waals surface area contributed by atoms with Gasteiger partial charge in [0.25, 0.3) is 16.3 Å². The van der Waals surface area contributed by atoms with E-state index in [-0.39, 0.29) is 65.2 Å². The van der Waals surface area contributed by atoms with Gasteiger partial charge in [-0.05, 0) is 213 Å². The van der Waals surface area contributed by atoms with Gasteiger partial charge in [-0.25, -0.2) is 14.2 Å². The Morgan fingerprint density at radius 2 is 0.570 bits per heavy atom. The molecule has 0 heterocycles. The number of hydrogen-bond donors (Lipinski definition) is 3. The highest BCUT2D eigenvalue weighted by Gasteiger charge is 2.32. The van der Waals surface area contributed by atoms with Crippen molar-refractivity contribution in [1.82, 2.24) is 0 Å². The minimum Gasteiger partial charge on any atom is -0.508 e. The fourth-order valence-electron chi connectivity index (χ4n) is 9.91. The molecule has 0 saturated carbocycles. The van der Waals surface area contributed by atoms with Crippen molar-refractivity contribution in [3.8, 4) is 40.2 Å². The van der Waals surface area contributed by atoms with Gasteiger partial charge in [-0.15, -0.1) is 0 Å². The number of esters is 2. The summed E-state index contributed by atoms with van der Waals surface area (Å²) in [5.74, 6) is -2.01. The number of hydrogen-bond acceptors (Lipinski definition) is 13. The van der Waals surface area contributed by atoms with E-state index in [1.165, 1.54) is 24.3 Å². The standard InChI is InChI=1S/C50H43O8P.C15H16O2.C8H4Cl2O2.C6H5Cl2OP.2CH4/c1-49(2,37-18-26-41(51)27-19-37)38-20-28-42(29-21-38)55-47(52)35-12-11-13-36(34-35)48(53)56-43-30-22-39(23-31-43)50(3,4)40-24-32-45(33-25-40)58-59(54,46-16-9-6-10-17-46)57-44-14-7-5-8-15-44;1-15(2,11-3-7-13(16)8-4-11)12-5-9-14(17)10-6-12;9-7(11)5-2-1-3-6(4-5)8(10)12;7-10(8,9)6-4-2-1-3-5-6;;/h5-34,51H,1-4H3;3-10,16-17H,1-2H3;1-4H;1-5H;2*1H4. The molecule has 11 aromatic carbocycles. The number of para-hydroxylation sites is 1. The van der Waals surface area contributed by atoms with E-state index >= 15 is 0 Å². The van der Waals surface area contributed by atoms with E-state index in [1.807, 2.05) is 103 Å². The van der Waals surface area contributed by atoms with Gasteiger partial charge in [-0.1, -0.05) is 208 Å². The second kappa shape index (κ2) is 35.4. The SMILES string of the molecule is C.C.CC(C)(c1ccc(O)cc1)c1ccc(O)cc1.CC(C)(c1ccc(O)cc1)c1ccc(OC(=O)c2cccc(C(=O)Oc3ccc(C(C)(C)c4ccc(OP(=O)(Oc5ccccc5)c5ccccc5)cc4)cc3)c2)cc1.O=C(Cl)c1cccc(C(=O)Cl)c1.O=P(Cl)(Cl)c1ccccc1. The van der Waals surface area contributed by atoms with Crippen LogP contribution in [0.4, 0.5) is 0 Å². The van der Waals surface area contributed by atoms with Crippen LogP contribution in [-0.2, 0) is 25.4 Å². The summed E-state index contributed by atoms with van der Waals surface area (Å²) in [4.78, 5) is 47.6. The van der Waals surface area contributed by atoms with E-state index in [0.717, 1.165) is 33.4 Å². The number of carbonyl (C=O) groups excluding carboxylic acids is 4. The number of carbonyl (C=O) groups is 4. The summed E-state index contributed by atoms with van der Waals surface area (Å²) in [7, 11) is -3.78. The molecule has 516 valence electrons. The average Bonchev–Trinajstić information content (AvgIpc) is 0.778. The minimum absolute atomic E-state index is 0. The van der Waals surface area contributed by atoms with Crippen LogP contribution in [-0.4, -0.2) is 37.7 Å². The number of benzene rings is 11. The van der Waals surface area contributed by atoms with Gasteiger partial charge in [-0.2, -0.15) is 0 Å². The fraction of sp³-hybridized carbons (Fsp3) is 0.136. The maximum Gasteiger partial charge on any atom is 0.462 e. The Bertz CT molecular complexity index is 4520. The van der Waals surface area contributed by atoms with Crippen molar-refractivity contribution in [2.45, 2.75) is 72.6 Å². The number of halogens is 4. The molecule has 0 fully saturated rings. The van der Waals surface area contributed by atoms with Gasteiger partial charge < -0.3 is 33.8 Å². The van der Waals surface area contributed by atoms with Gasteiger partial charge in [0.05, 0.1) is 16.4 Å². The van der Waals surface area contributed by atoms with Crippen molar-refractivity contribution in [1.29, 1.82) is 0 Å². The van der Waals surface area contributed by atoms with Gasteiger partial charge in [0.2, 0.25) is 0 Å². The van der Waals surface area contributed by atoms with Crippen LogP contribution in [0, 0.1) is 0 Å². The molecular formula is C81H76Cl4O13P2. The van der Waals surface area contributed by atoms with Crippen molar-refractivity contribution < 1.29 is 62.1 Å². The molecule has 0 saturated heterocycles. The summed E-state index contributed by atoms with van der Waals surface area (Å²) in [5, 5.41) is 28.0. The Kier molecular flexibility index (Phi) is 28.1. The third kappa shape index (κ3) is 21.7. The summed E-state index contributed by atoms with van der Waals surface area (Å²) in [6.07, 6.45) is 0. The Morgan fingerprint density at radius 3 is 0.860 bits per heavy atom. The van der Waals surface area contributed by atoms with Crippen LogP contribution in [0.1, 0.15) is 131 Å². The second-order valence-corrected chi connectivity index (χ2v) is 31.1. The van der Waals surface area contributed by atoms with E-state index in [4.69, 9.17) is 64.2 Å². The van der Waals surface area contributed by atoms with Gasteiger partial charge in [0, 0.05) is 32.7 Å². The number of ether oxygens (including phenoxy) is 2. The predicted molar refractivity (Wildman–Crippen MR) is 403 cm³/mol. The molecule has 0 aliphatic heterocycles. The van der Waals surface area contributed by atoms with Gasteiger partial charge in [0.1, 0.15) is 40.2 Å². The van der Waals surface area contributed by atoms with Crippen molar-refractivity contribution in [3.05, 3.63) is 341 Å². The average molecular weight is 1460 g/mol. The third-order valence-corrected chi connectivity index (χ3v) is 20.2. The van der Waals surface area contributed by atoms with Crippen LogP contribution >= 0.6 is 59.1 Å². The van der Waals surface area contributed by atoms with Crippen molar-refractivity contribution in [2.75, 3.05) is 0 Å². The monoisotopic (exact) mass is 1460 g/mol. The quantitative estimate of drug-likeness (QED) is 0.0317. The maximum atomic E-state index is 14.1. The van der Waals surface area contributed by atoms with Gasteiger partial charge in [0.15, 0.2) is 0 Å². The number of rotatable bonds is 18. The zero-order valence-corrected chi connectivity index (χ0v) is 58.8. The van der Waals surface area contributed by atoms with Crippen molar-refractivity contribution in [3.63, 3.8) is 0 Å². The number of phenols is 3. The molecule has 1 atom stereocenters. The maximum absolute atomic E-state index is 14.1. The molecule has 0 spiro atoms. The van der Waals surface area contributed by atoms with E-state index in [0.29, 0.717) is 33.6 Å². The molecule has 1 unspecified atom stereocenters. The first kappa shape index (κ1) is 79.3. The molecule has 0 aromatic heterocycles.